The molecule has 0 amide bonds. The number of hydrogen-bond donors (Lipinski definition) is 0. The Bertz CT molecular complexity index is 1370. The first-order valence-electron chi connectivity index (χ1n) is 9.85. The van der Waals surface area contributed by atoms with Gasteiger partial charge in [-0.1, -0.05) is 41.2 Å². The molecule has 0 spiro atoms. The fraction of sp³-hybridized carbons (Fsp3) is 0.0435. The molecular formula is C23H14F3N5O2S. The molecule has 11 heteroatoms. The fourth-order valence-corrected chi connectivity index (χ4v) is 4.10. The van der Waals surface area contributed by atoms with E-state index in [0.29, 0.717) is 11.5 Å². The minimum Gasteiger partial charge on any atom is -0.406 e. The zero-order chi connectivity index (χ0) is 23.5. The number of rotatable bonds is 6. The zero-order valence-corrected chi connectivity index (χ0v) is 18.0. The van der Waals surface area contributed by atoms with E-state index in [9.17, 15) is 13.2 Å². The van der Waals surface area contributed by atoms with Gasteiger partial charge in [0.1, 0.15) is 11.4 Å². The third-order valence-electron chi connectivity index (χ3n) is 4.65. The number of aromatic nitrogens is 5. The normalized spacial score (nSPS) is 11.5. The van der Waals surface area contributed by atoms with Crippen molar-refractivity contribution in [3.05, 3.63) is 85.6 Å². The molecule has 5 aromatic rings. The molecule has 0 atom stereocenters. The largest absolute Gasteiger partial charge is 0.573 e. The van der Waals surface area contributed by atoms with Crippen molar-refractivity contribution in [1.29, 1.82) is 0 Å². The summed E-state index contributed by atoms with van der Waals surface area (Å²) < 4.78 is 47.8. The smallest absolute Gasteiger partial charge is 0.406 e. The van der Waals surface area contributed by atoms with Crippen LogP contribution in [0.4, 0.5) is 13.2 Å². The number of nitrogens with zero attached hydrogens (tertiary/aromatic N) is 5. The molecule has 34 heavy (non-hydrogen) atoms. The van der Waals surface area contributed by atoms with Gasteiger partial charge < -0.3 is 9.26 Å². The Labute approximate surface area is 195 Å². The topological polar surface area (TPSA) is 78.9 Å². The van der Waals surface area contributed by atoms with Gasteiger partial charge in [-0.3, -0.25) is 4.98 Å². The van der Waals surface area contributed by atoms with E-state index in [1.54, 1.807) is 29.2 Å². The second kappa shape index (κ2) is 9.02. The van der Waals surface area contributed by atoms with E-state index in [-0.39, 0.29) is 5.75 Å². The molecule has 0 radical (unpaired) electrons. The molecule has 5 rings (SSSR count). The molecule has 3 heterocycles. The molecule has 0 aliphatic carbocycles. The van der Waals surface area contributed by atoms with Crippen LogP contribution in [0.5, 0.6) is 5.75 Å². The average Bonchev–Trinajstić information content (AvgIpc) is 3.51. The van der Waals surface area contributed by atoms with Gasteiger partial charge in [0.05, 0.1) is 16.8 Å². The van der Waals surface area contributed by atoms with Crippen LogP contribution < -0.4 is 4.74 Å². The summed E-state index contributed by atoms with van der Waals surface area (Å²) in [6.45, 7) is 0. The monoisotopic (exact) mass is 481 g/mol. The zero-order valence-electron chi connectivity index (χ0n) is 17.2. The van der Waals surface area contributed by atoms with E-state index in [1.807, 2.05) is 42.6 Å². The van der Waals surface area contributed by atoms with Gasteiger partial charge in [0.2, 0.25) is 12.2 Å². The van der Waals surface area contributed by atoms with Crippen molar-refractivity contribution in [1.82, 2.24) is 24.9 Å². The molecule has 0 saturated heterocycles. The predicted molar refractivity (Wildman–Crippen MR) is 117 cm³/mol. The van der Waals surface area contributed by atoms with Gasteiger partial charge in [0.25, 0.3) is 0 Å². The molecule has 3 aromatic heterocycles. The first kappa shape index (κ1) is 21.7. The van der Waals surface area contributed by atoms with E-state index >= 15 is 0 Å². The van der Waals surface area contributed by atoms with Crippen molar-refractivity contribution >= 4 is 11.8 Å². The second-order valence-corrected chi connectivity index (χ2v) is 8.07. The standard InChI is InChI=1S/C23H14F3N5O2S/c24-23(25,26)33-18-7-9-19(10-8-18)34-20-13-31(17-2-1-11-27-12-17)29-21(20)15-3-5-16(6-4-15)22-28-14-32-30-22/h1-14H. The number of benzene rings is 2. The average molecular weight is 481 g/mol. The highest BCUT2D eigenvalue weighted by atomic mass is 32.2. The van der Waals surface area contributed by atoms with Crippen molar-refractivity contribution < 1.29 is 22.4 Å². The van der Waals surface area contributed by atoms with Crippen LogP contribution in [-0.4, -0.2) is 31.3 Å². The van der Waals surface area contributed by atoms with Gasteiger partial charge in [-0.15, -0.1) is 13.2 Å². The second-order valence-electron chi connectivity index (χ2n) is 6.95. The summed E-state index contributed by atoms with van der Waals surface area (Å²) in [6.07, 6.45) is 1.74. The number of hydrogen-bond acceptors (Lipinski definition) is 7. The van der Waals surface area contributed by atoms with Gasteiger partial charge in [0, 0.05) is 28.4 Å². The summed E-state index contributed by atoms with van der Waals surface area (Å²) in [5, 5.41) is 8.58. The van der Waals surface area contributed by atoms with Crippen LogP contribution in [0, 0.1) is 0 Å². The molecule has 0 aliphatic rings. The summed E-state index contributed by atoms with van der Waals surface area (Å²) in [4.78, 5) is 9.72. The van der Waals surface area contributed by atoms with Crippen molar-refractivity contribution in [3.63, 3.8) is 0 Å². The van der Waals surface area contributed by atoms with Gasteiger partial charge >= 0.3 is 6.36 Å². The van der Waals surface area contributed by atoms with Crippen molar-refractivity contribution in [2.24, 2.45) is 0 Å². The molecule has 0 fully saturated rings. The lowest BCUT2D eigenvalue weighted by Crippen LogP contribution is -2.16. The first-order valence-corrected chi connectivity index (χ1v) is 10.7. The van der Waals surface area contributed by atoms with Crippen LogP contribution >= 0.6 is 11.8 Å². The molecular weight excluding hydrogens is 467 g/mol. The van der Waals surface area contributed by atoms with Crippen LogP contribution in [0.3, 0.4) is 0 Å². The third kappa shape index (κ3) is 4.94. The van der Waals surface area contributed by atoms with Gasteiger partial charge in [0.15, 0.2) is 0 Å². The Morgan fingerprint density at radius 2 is 1.71 bits per heavy atom. The van der Waals surface area contributed by atoms with E-state index < -0.39 is 6.36 Å². The van der Waals surface area contributed by atoms with E-state index in [2.05, 4.69) is 19.9 Å². The van der Waals surface area contributed by atoms with Gasteiger partial charge in [-0.05, 0) is 36.4 Å². The minimum absolute atomic E-state index is 0.278. The SMILES string of the molecule is FC(F)(F)Oc1ccc(Sc2cn(-c3cccnc3)nc2-c2ccc(-c3ncon3)cc2)cc1. The Morgan fingerprint density at radius 3 is 2.35 bits per heavy atom. The van der Waals surface area contributed by atoms with Crippen molar-refractivity contribution in [2.75, 3.05) is 0 Å². The van der Waals surface area contributed by atoms with Crippen molar-refractivity contribution in [3.8, 4) is 34.1 Å². The predicted octanol–water partition coefficient (Wildman–Crippen LogP) is 6.03. The molecule has 0 aliphatic heterocycles. The molecule has 0 bridgehead atoms. The first-order chi connectivity index (χ1) is 16.4. The van der Waals surface area contributed by atoms with Crippen molar-refractivity contribution in [2.45, 2.75) is 16.2 Å². The maximum Gasteiger partial charge on any atom is 0.573 e. The number of halogens is 3. The van der Waals surface area contributed by atoms with Gasteiger partial charge in [-0.2, -0.15) is 10.1 Å². The summed E-state index contributed by atoms with van der Waals surface area (Å²) >= 11 is 1.37. The van der Waals surface area contributed by atoms with E-state index in [4.69, 9.17) is 9.62 Å². The van der Waals surface area contributed by atoms with Crippen LogP contribution in [0.2, 0.25) is 0 Å². The van der Waals surface area contributed by atoms with Crippen LogP contribution in [0.15, 0.2) is 100.0 Å². The maximum atomic E-state index is 12.5. The summed E-state index contributed by atoms with van der Waals surface area (Å²) in [6, 6.07) is 16.9. The van der Waals surface area contributed by atoms with Crippen LogP contribution in [0.25, 0.3) is 28.3 Å². The van der Waals surface area contributed by atoms with Crippen LogP contribution in [-0.2, 0) is 0 Å². The number of pyridine rings is 1. The Kier molecular flexibility index (Phi) is 5.76. The lowest BCUT2D eigenvalue weighted by atomic mass is 10.1. The fourth-order valence-electron chi connectivity index (χ4n) is 3.17. The molecule has 170 valence electrons. The molecule has 2 aromatic carbocycles. The van der Waals surface area contributed by atoms with Gasteiger partial charge in [-0.25, -0.2) is 4.68 Å². The molecule has 0 unspecified atom stereocenters. The highest BCUT2D eigenvalue weighted by molar-refractivity contribution is 7.99. The molecule has 7 nitrogen and oxygen atoms in total. The highest BCUT2D eigenvalue weighted by Crippen LogP contribution is 2.37. The Morgan fingerprint density at radius 1 is 0.941 bits per heavy atom. The summed E-state index contributed by atoms with van der Waals surface area (Å²) in [7, 11) is 0. The number of alkyl halides is 3. The summed E-state index contributed by atoms with van der Waals surface area (Å²) in [5.74, 6) is 0.198. The highest BCUT2D eigenvalue weighted by Gasteiger charge is 2.31. The van der Waals surface area contributed by atoms with E-state index in [1.165, 1.54) is 30.3 Å². The number of ether oxygens (including phenoxy) is 1. The lowest BCUT2D eigenvalue weighted by molar-refractivity contribution is -0.274. The van der Waals surface area contributed by atoms with Crippen LogP contribution in [0.1, 0.15) is 0 Å². The molecule has 0 saturated carbocycles. The Hall–Kier alpha value is -4.12. The molecule has 0 N–H and O–H groups in total. The Balaban J connectivity index is 1.48. The minimum atomic E-state index is -4.74. The maximum absolute atomic E-state index is 12.5. The third-order valence-corrected chi connectivity index (χ3v) is 5.68. The van der Waals surface area contributed by atoms with E-state index in [0.717, 1.165) is 26.6 Å². The lowest BCUT2D eigenvalue weighted by Gasteiger charge is -2.09. The quantitative estimate of drug-likeness (QED) is 0.293. The summed E-state index contributed by atoms with van der Waals surface area (Å²) in [5.41, 5.74) is 3.10.